The summed E-state index contributed by atoms with van der Waals surface area (Å²) >= 11 is 5.79. The maximum absolute atomic E-state index is 13.0. The van der Waals surface area contributed by atoms with Gasteiger partial charge in [-0.15, -0.1) is 0 Å². The summed E-state index contributed by atoms with van der Waals surface area (Å²) in [5.74, 6) is 1.35. The molecule has 178 valence electrons. The van der Waals surface area contributed by atoms with Gasteiger partial charge in [-0.3, -0.25) is 4.79 Å². The molecule has 1 aromatic heterocycles. The Hall–Kier alpha value is -3.84. The minimum atomic E-state index is -0.141. The number of H-pyrrole nitrogens is 1. The van der Waals surface area contributed by atoms with Crippen LogP contribution in [0.25, 0.3) is 10.9 Å². The summed E-state index contributed by atoms with van der Waals surface area (Å²) in [6, 6.07) is 23.8. The topological polar surface area (TPSA) is 66.6 Å². The lowest BCUT2D eigenvalue weighted by Crippen LogP contribution is -2.37. The summed E-state index contributed by atoms with van der Waals surface area (Å²) in [6.45, 7) is 4.18. The van der Waals surface area contributed by atoms with Crippen LogP contribution in [0.3, 0.4) is 0 Å². The van der Waals surface area contributed by atoms with E-state index in [1.165, 1.54) is 11.1 Å². The molecule has 5 rings (SSSR count). The zero-order valence-electron chi connectivity index (χ0n) is 19.5. The van der Waals surface area contributed by atoms with Crippen molar-refractivity contribution in [2.75, 3.05) is 25.1 Å². The maximum Gasteiger partial charge on any atom is 0.253 e. The van der Waals surface area contributed by atoms with Crippen LogP contribution in [-0.2, 0) is 13.0 Å². The summed E-state index contributed by atoms with van der Waals surface area (Å²) in [7, 11) is 0. The number of thiocarbonyl (C=S) groups is 1. The quantitative estimate of drug-likeness (QED) is 0.373. The van der Waals surface area contributed by atoms with Crippen LogP contribution in [-0.4, -0.2) is 34.8 Å². The highest BCUT2D eigenvalue weighted by molar-refractivity contribution is 7.80. The van der Waals surface area contributed by atoms with Crippen molar-refractivity contribution >= 4 is 33.9 Å². The molecule has 2 heterocycles. The molecule has 0 unspecified atom stereocenters. The monoisotopic (exact) mass is 485 g/mol. The molecule has 1 aliphatic rings. The number of hydrogen-bond acceptors (Lipinski definition) is 4. The summed E-state index contributed by atoms with van der Waals surface area (Å²) in [4.78, 5) is 18.1. The van der Waals surface area contributed by atoms with Gasteiger partial charge in [-0.2, -0.15) is 0 Å². The fourth-order valence-electron chi connectivity index (χ4n) is 4.23. The average Bonchev–Trinajstić information content (AvgIpc) is 2.87. The third-order valence-electron chi connectivity index (χ3n) is 6.17. The highest BCUT2D eigenvalue weighted by Crippen LogP contribution is 2.33. The number of fused-ring (bicyclic) bond motifs is 2. The molecular formula is C28H27N3O3S. The van der Waals surface area contributed by atoms with E-state index in [1.54, 1.807) is 0 Å². The number of rotatable bonds is 6. The maximum atomic E-state index is 13.0. The fourth-order valence-corrected chi connectivity index (χ4v) is 4.51. The summed E-state index contributed by atoms with van der Waals surface area (Å²) in [6.07, 6.45) is 0.813. The second-order valence-electron chi connectivity index (χ2n) is 8.60. The largest absolute Gasteiger partial charge is 0.486 e. The van der Waals surface area contributed by atoms with Gasteiger partial charge in [-0.25, -0.2) is 0 Å². The van der Waals surface area contributed by atoms with Gasteiger partial charge in [0.1, 0.15) is 13.2 Å². The Bertz CT molecular complexity index is 1420. The molecule has 0 bridgehead atoms. The highest BCUT2D eigenvalue weighted by atomic mass is 32.1. The van der Waals surface area contributed by atoms with Crippen LogP contribution >= 0.6 is 12.2 Å². The lowest BCUT2D eigenvalue weighted by atomic mass is 10.1. The molecule has 0 atom stereocenters. The van der Waals surface area contributed by atoms with E-state index < -0.39 is 0 Å². The highest BCUT2D eigenvalue weighted by Gasteiger charge is 2.17. The first-order chi connectivity index (χ1) is 17.1. The average molecular weight is 486 g/mol. The molecule has 0 aliphatic carbocycles. The minimum Gasteiger partial charge on any atom is -0.486 e. The Balaban J connectivity index is 1.43. The van der Waals surface area contributed by atoms with Gasteiger partial charge in [0.15, 0.2) is 16.6 Å². The molecule has 0 amide bonds. The number of benzene rings is 3. The van der Waals surface area contributed by atoms with E-state index in [0.29, 0.717) is 48.5 Å². The van der Waals surface area contributed by atoms with Gasteiger partial charge in [0.2, 0.25) is 0 Å². The van der Waals surface area contributed by atoms with Gasteiger partial charge in [-0.1, -0.05) is 42.5 Å². The first-order valence-corrected chi connectivity index (χ1v) is 12.1. The zero-order chi connectivity index (χ0) is 24.2. The van der Waals surface area contributed by atoms with Crippen LogP contribution in [0, 0.1) is 6.92 Å². The number of para-hydroxylation sites is 1. The second kappa shape index (κ2) is 10.2. The van der Waals surface area contributed by atoms with E-state index in [-0.39, 0.29) is 5.56 Å². The molecule has 4 aromatic rings. The van der Waals surface area contributed by atoms with E-state index in [9.17, 15) is 4.79 Å². The van der Waals surface area contributed by atoms with Crippen molar-refractivity contribution in [3.63, 3.8) is 0 Å². The van der Waals surface area contributed by atoms with Gasteiger partial charge in [0.25, 0.3) is 5.56 Å². The molecule has 2 N–H and O–H groups in total. The van der Waals surface area contributed by atoms with Crippen molar-refractivity contribution in [1.29, 1.82) is 0 Å². The number of aromatic nitrogens is 1. The van der Waals surface area contributed by atoms with Crippen LogP contribution in [0.5, 0.6) is 11.5 Å². The molecule has 0 saturated heterocycles. The third-order valence-corrected chi connectivity index (χ3v) is 6.53. The number of anilines is 1. The van der Waals surface area contributed by atoms with Gasteiger partial charge in [0.05, 0.1) is 12.1 Å². The Morgan fingerprint density at radius 2 is 1.69 bits per heavy atom. The summed E-state index contributed by atoms with van der Waals surface area (Å²) in [5.41, 5.74) is 4.63. The van der Waals surface area contributed by atoms with Crippen molar-refractivity contribution in [3.05, 3.63) is 99.8 Å². The number of hydrogen-bond donors (Lipinski definition) is 2. The molecule has 35 heavy (non-hydrogen) atoms. The SMILES string of the molecule is Cc1ccccc1CCN(Cc1cc2cc3c(cc2[nH]c1=O)OCCO3)C(=S)Nc1ccccc1. The molecule has 6 nitrogen and oxygen atoms in total. The standard InChI is InChI=1S/C28H27N3O3S/c1-19-7-5-6-8-20(19)11-12-31(28(35)29-23-9-3-2-4-10-23)18-22-15-21-16-25-26(34-14-13-33-25)17-24(21)30-27(22)32/h2-10,15-17H,11-14,18H2,1H3,(H,29,35)(H,30,32). The van der Waals surface area contributed by atoms with Gasteiger partial charge in [-0.05, 0) is 61.0 Å². The van der Waals surface area contributed by atoms with Crippen LogP contribution < -0.4 is 20.3 Å². The predicted molar refractivity (Wildman–Crippen MR) is 144 cm³/mol. The molecule has 3 aromatic carbocycles. The summed E-state index contributed by atoms with van der Waals surface area (Å²) in [5, 5.41) is 4.79. The number of aryl methyl sites for hydroxylation is 1. The van der Waals surface area contributed by atoms with E-state index in [1.807, 2.05) is 65.6 Å². The van der Waals surface area contributed by atoms with Crippen molar-refractivity contribution in [1.82, 2.24) is 9.88 Å². The molecule has 0 saturated carbocycles. The number of ether oxygens (including phenoxy) is 2. The fraction of sp³-hybridized carbons (Fsp3) is 0.214. The van der Waals surface area contributed by atoms with Gasteiger partial charge in [0, 0.05) is 29.2 Å². The molecule has 1 aliphatic heterocycles. The van der Waals surface area contributed by atoms with E-state index in [2.05, 4.69) is 29.4 Å². The number of nitrogens with zero attached hydrogens (tertiary/aromatic N) is 1. The third kappa shape index (κ3) is 5.30. The first-order valence-electron chi connectivity index (χ1n) is 11.7. The van der Waals surface area contributed by atoms with Gasteiger partial charge >= 0.3 is 0 Å². The van der Waals surface area contributed by atoms with Crippen molar-refractivity contribution in [2.24, 2.45) is 0 Å². The van der Waals surface area contributed by atoms with Gasteiger partial charge < -0.3 is 24.7 Å². The van der Waals surface area contributed by atoms with Crippen LogP contribution in [0.4, 0.5) is 5.69 Å². The molecular weight excluding hydrogens is 458 g/mol. The Labute approximate surface area is 209 Å². The molecule has 0 spiro atoms. The minimum absolute atomic E-state index is 0.141. The second-order valence-corrected chi connectivity index (χ2v) is 8.99. The van der Waals surface area contributed by atoms with Crippen molar-refractivity contribution < 1.29 is 9.47 Å². The van der Waals surface area contributed by atoms with Crippen LogP contribution in [0.1, 0.15) is 16.7 Å². The predicted octanol–water partition coefficient (Wildman–Crippen LogP) is 5.05. The van der Waals surface area contributed by atoms with E-state index in [4.69, 9.17) is 21.7 Å². The Kier molecular flexibility index (Phi) is 6.68. The Morgan fingerprint density at radius 3 is 2.46 bits per heavy atom. The Morgan fingerprint density at radius 1 is 0.971 bits per heavy atom. The number of pyridine rings is 1. The molecule has 0 fully saturated rings. The van der Waals surface area contributed by atoms with Crippen LogP contribution in [0.15, 0.2) is 77.6 Å². The van der Waals surface area contributed by atoms with Crippen LogP contribution in [0.2, 0.25) is 0 Å². The molecule has 7 heteroatoms. The van der Waals surface area contributed by atoms with Crippen molar-refractivity contribution in [3.8, 4) is 11.5 Å². The lowest BCUT2D eigenvalue weighted by molar-refractivity contribution is 0.172. The normalized spacial score (nSPS) is 12.4. The first kappa shape index (κ1) is 22.9. The van der Waals surface area contributed by atoms with E-state index >= 15 is 0 Å². The smallest absolute Gasteiger partial charge is 0.253 e. The zero-order valence-corrected chi connectivity index (χ0v) is 20.4. The lowest BCUT2D eigenvalue weighted by Gasteiger charge is -2.26. The summed E-state index contributed by atoms with van der Waals surface area (Å²) < 4.78 is 11.4. The molecule has 0 radical (unpaired) electrons. The van der Waals surface area contributed by atoms with E-state index in [0.717, 1.165) is 23.0 Å². The number of nitrogens with one attached hydrogen (secondary N) is 2. The van der Waals surface area contributed by atoms with Crippen molar-refractivity contribution in [2.45, 2.75) is 19.9 Å². The number of aromatic amines is 1.